The van der Waals surface area contributed by atoms with E-state index in [0.717, 1.165) is 5.56 Å². The van der Waals surface area contributed by atoms with Crippen LogP contribution in [0.2, 0.25) is 0 Å². The molecule has 0 aliphatic heterocycles. The van der Waals surface area contributed by atoms with Crippen molar-refractivity contribution >= 4 is 31.5 Å². The van der Waals surface area contributed by atoms with Crippen LogP contribution in [0.3, 0.4) is 0 Å². The molecule has 2 aromatic carbocycles. The van der Waals surface area contributed by atoms with Crippen molar-refractivity contribution in [2.75, 3.05) is 12.3 Å². The SMILES string of the molecule is Cc1ccc(CS(=O)(=O)SC[C@H](NC(=O)c2ccccc2)C(=O)NCC#N)cc1. The van der Waals surface area contributed by atoms with Crippen molar-refractivity contribution in [3.05, 3.63) is 71.3 Å². The van der Waals surface area contributed by atoms with E-state index < -0.39 is 26.7 Å². The van der Waals surface area contributed by atoms with E-state index in [0.29, 0.717) is 21.9 Å². The van der Waals surface area contributed by atoms with Crippen molar-refractivity contribution in [1.29, 1.82) is 5.26 Å². The summed E-state index contributed by atoms with van der Waals surface area (Å²) in [7, 11) is -2.98. The molecule has 0 heterocycles. The first-order valence-electron chi connectivity index (χ1n) is 8.74. The van der Waals surface area contributed by atoms with E-state index >= 15 is 0 Å². The quantitative estimate of drug-likeness (QED) is 0.463. The molecule has 0 bridgehead atoms. The van der Waals surface area contributed by atoms with Gasteiger partial charge in [-0.3, -0.25) is 9.59 Å². The maximum atomic E-state index is 12.4. The normalized spacial score (nSPS) is 11.9. The molecule has 2 aromatic rings. The number of rotatable bonds is 9. The fraction of sp³-hybridized carbons (Fsp3) is 0.250. The first-order valence-corrected chi connectivity index (χ1v) is 11.9. The molecule has 0 radical (unpaired) electrons. The molecule has 0 unspecified atom stereocenters. The van der Waals surface area contributed by atoms with Gasteiger partial charge in [-0.2, -0.15) is 5.26 Å². The second kappa shape index (κ2) is 10.6. The van der Waals surface area contributed by atoms with Gasteiger partial charge in [-0.15, -0.1) is 0 Å². The van der Waals surface area contributed by atoms with Crippen LogP contribution in [-0.2, 0) is 19.4 Å². The summed E-state index contributed by atoms with van der Waals surface area (Å²) in [5.41, 5.74) is 2.01. The zero-order chi connectivity index (χ0) is 21.3. The van der Waals surface area contributed by atoms with E-state index in [9.17, 15) is 18.0 Å². The average Bonchev–Trinajstić information content (AvgIpc) is 2.71. The number of carbonyl (C=O) groups excluding carboxylic acids is 2. The van der Waals surface area contributed by atoms with E-state index in [-0.39, 0.29) is 18.1 Å². The smallest absolute Gasteiger partial charge is 0.251 e. The lowest BCUT2D eigenvalue weighted by molar-refractivity contribution is -0.122. The molecule has 0 fully saturated rings. The molecular weight excluding hydrogens is 410 g/mol. The Morgan fingerprint density at radius 1 is 1.10 bits per heavy atom. The minimum Gasteiger partial charge on any atom is -0.341 e. The maximum absolute atomic E-state index is 12.4. The second-order valence-electron chi connectivity index (χ2n) is 6.24. The van der Waals surface area contributed by atoms with Gasteiger partial charge in [-0.05, 0) is 35.4 Å². The molecule has 152 valence electrons. The molecule has 0 aliphatic carbocycles. The van der Waals surface area contributed by atoms with E-state index in [1.165, 1.54) is 0 Å². The third-order valence-electron chi connectivity index (χ3n) is 3.88. The standard InChI is InChI=1S/C20H21N3O4S2/c1-15-7-9-16(10-8-15)14-29(26,27)28-13-18(20(25)22-12-11-21)23-19(24)17-5-3-2-4-6-17/h2-10,18H,12-14H2,1H3,(H,22,25)(H,23,24)/t18-/m0/s1. The molecule has 0 aromatic heterocycles. The lowest BCUT2D eigenvalue weighted by atomic mass is 10.2. The van der Waals surface area contributed by atoms with Crippen LogP contribution in [-0.4, -0.2) is 38.6 Å². The van der Waals surface area contributed by atoms with Gasteiger partial charge in [0.05, 0.1) is 11.8 Å². The predicted molar refractivity (Wildman–Crippen MR) is 113 cm³/mol. The van der Waals surface area contributed by atoms with E-state index in [2.05, 4.69) is 10.6 Å². The summed E-state index contributed by atoms with van der Waals surface area (Å²) >= 11 is 0. The van der Waals surface area contributed by atoms with Crippen LogP contribution in [0.1, 0.15) is 21.5 Å². The fourth-order valence-electron chi connectivity index (χ4n) is 2.37. The number of carbonyl (C=O) groups is 2. The summed E-state index contributed by atoms with van der Waals surface area (Å²) in [5.74, 6) is -1.48. The Labute approximate surface area is 173 Å². The molecule has 7 nitrogen and oxygen atoms in total. The van der Waals surface area contributed by atoms with Crippen LogP contribution in [0.5, 0.6) is 0 Å². The van der Waals surface area contributed by atoms with Crippen molar-refractivity contribution in [3.8, 4) is 6.07 Å². The van der Waals surface area contributed by atoms with Crippen LogP contribution >= 0.6 is 10.8 Å². The topological polar surface area (TPSA) is 116 Å². The van der Waals surface area contributed by atoms with Gasteiger partial charge in [0, 0.05) is 11.3 Å². The third-order valence-corrected chi connectivity index (χ3v) is 7.23. The van der Waals surface area contributed by atoms with Gasteiger partial charge in [0.1, 0.15) is 12.6 Å². The Balaban J connectivity index is 2.06. The Morgan fingerprint density at radius 3 is 2.38 bits per heavy atom. The van der Waals surface area contributed by atoms with Gasteiger partial charge < -0.3 is 10.6 Å². The number of nitrogens with zero attached hydrogens (tertiary/aromatic N) is 1. The minimum absolute atomic E-state index is 0.177. The van der Waals surface area contributed by atoms with Crippen LogP contribution in [0, 0.1) is 18.3 Å². The Bertz CT molecular complexity index is 985. The average molecular weight is 432 g/mol. The number of aryl methyl sites for hydroxylation is 1. The highest BCUT2D eigenvalue weighted by atomic mass is 33.1. The molecule has 29 heavy (non-hydrogen) atoms. The maximum Gasteiger partial charge on any atom is 0.251 e. The number of nitrogens with one attached hydrogen (secondary N) is 2. The molecule has 0 aliphatic rings. The molecule has 0 saturated carbocycles. The number of nitriles is 1. The minimum atomic E-state index is -3.58. The van der Waals surface area contributed by atoms with Gasteiger partial charge in [0.15, 0.2) is 0 Å². The van der Waals surface area contributed by atoms with Crippen molar-refractivity contribution < 1.29 is 18.0 Å². The number of hydrogen-bond acceptors (Lipinski definition) is 6. The Kier molecular flexibility index (Phi) is 8.24. The van der Waals surface area contributed by atoms with Crippen LogP contribution in [0.15, 0.2) is 54.6 Å². The molecule has 0 saturated heterocycles. The monoisotopic (exact) mass is 431 g/mol. The summed E-state index contributed by atoms with van der Waals surface area (Å²) < 4.78 is 24.9. The molecular formula is C20H21N3O4S2. The molecule has 2 N–H and O–H groups in total. The van der Waals surface area contributed by atoms with Crippen molar-refractivity contribution in [3.63, 3.8) is 0 Å². The summed E-state index contributed by atoms with van der Waals surface area (Å²) in [5, 5.41) is 13.5. The van der Waals surface area contributed by atoms with E-state index in [4.69, 9.17) is 5.26 Å². The number of amides is 2. The molecule has 1 atom stereocenters. The summed E-state index contributed by atoms with van der Waals surface area (Å²) in [6, 6.07) is 16.1. The van der Waals surface area contributed by atoms with Gasteiger partial charge >= 0.3 is 0 Å². The third kappa shape index (κ3) is 7.60. The van der Waals surface area contributed by atoms with Crippen LogP contribution < -0.4 is 10.6 Å². The molecule has 2 amide bonds. The number of hydrogen-bond donors (Lipinski definition) is 2. The first kappa shape index (κ1) is 22.5. The second-order valence-corrected chi connectivity index (χ2v) is 10.4. The number of benzene rings is 2. The Morgan fingerprint density at radius 2 is 1.76 bits per heavy atom. The predicted octanol–water partition coefficient (Wildman–Crippen LogP) is 2.00. The zero-order valence-electron chi connectivity index (χ0n) is 15.8. The fourth-order valence-corrected chi connectivity index (χ4v) is 5.32. The highest BCUT2D eigenvalue weighted by Crippen LogP contribution is 2.20. The largest absolute Gasteiger partial charge is 0.341 e. The van der Waals surface area contributed by atoms with Crippen molar-refractivity contribution in [1.82, 2.24) is 10.6 Å². The van der Waals surface area contributed by atoms with E-state index in [1.807, 2.05) is 19.1 Å². The first-order chi connectivity index (χ1) is 13.8. The van der Waals surface area contributed by atoms with Crippen LogP contribution in [0.25, 0.3) is 0 Å². The van der Waals surface area contributed by atoms with Gasteiger partial charge in [-0.25, -0.2) is 8.42 Å². The molecule has 0 spiro atoms. The van der Waals surface area contributed by atoms with Gasteiger partial charge in [0.25, 0.3) is 5.91 Å². The van der Waals surface area contributed by atoms with E-state index in [1.54, 1.807) is 48.5 Å². The van der Waals surface area contributed by atoms with Crippen molar-refractivity contribution in [2.45, 2.75) is 18.7 Å². The van der Waals surface area contributed by atoms with Crippen LogP contribution in [0.4, 0.5) is 0 Å². The molecule has 9 heteroatoms. The van der Waals surface area contributed by atoms with Gasteiger partial charge in [-0.1, -0.05) is 48.0 Å². The molecule has 2 rings (SSSR count). The highest BCUT2D eigenvalue weighted by Gasteiger charge is 2.24. The summed E-state index contributed by atoms with van der Waals surface area (Å²) in [4.78, 5) is 24.7. The summed E-state index contributed by atoms with van der Waals surface area (Å²) in [6.07, 6.45) is 0. The highest BCUT2D eigenvalue weighted by molar-refractivity contribution is 8.71. The Hall–Kier alpha value is -2.83. The summed E-state index contributed by atoms with van der Waals surface area (Å²) in [6.45, 7) is 1.67. The van der Waals surface area contributed by atoms with Crippen molar-refractivity contribution in [2.24, 2.45) is 0 Å². The van der Waals surface area contributed by atoms with Gasteiger partial charge in [0.2, 0.25) is 14.8 Å². The lowest BCUT2D eigenvalue weighted by Gasteiger charge is -2.17. The lowest BCUT2D eigenvalue weighted by Crippen LogP contribution is -2.48. The zero-order valence-corrected chi connectivity index (χ0v) is 17.4.